The third-order valence-electron chi connectivity index (χ3n) is 3.80. The van der Waals surface area contributed by atoms with Gasteiger partial charge in [-0.3, -0.25) is 9.52 Å². The van der Waals surface area contributed by atoms with Crippen LogP contribution < -0.4 is 10.0 Å². The highest BCUT2D eigenvalue weighted by molar-refractivity contribution is 7.93. The zero-order valence-electron chi connectivity index (χ0n) is 14.8. The van der Waals surface area contributed by atoms with Gasteiger partial charge in [-0.2, -0.15) is 0 Å². The minimum atomic E-state index is -3.77. The van der Waals surface area contributed by atoms with Crippen molar-refractivity contribution in [1.82, 2.24) is 10.2 Å². The lowest BCUT2D eigenvalue weighted by Gasteiger charge is -2.09. The topological polar surface area (TPSA) is 101 Å². The lowest BCUT2D eigenvalue weighted by atomic mass is 10.1. The molecular weight excluding hydrogens is 384 g/mol. The molecule has 1 aromatic heterocycles. The van der Waals surface area contributed by atoms with Gasteiger partial charge in [0, 0.05) is 11.3 Å². The van der Waals surface area contributed by atoms with Crippen LogP contribution in [0.1, 0.15) is 27.9 Å². The molecule has 3 aromatic rings. The van der Waals surface area contributed by atoms with Crippen LogP contribution in [0.2, 0.25) is 0 Å². The lowest BCUT2D eigenvalue weighted by molar-refractivity contribution is 0.102. The second-order valence-corrected chi connectivity index (χ2v) is 8.50. The van der Waals surface area contributed by atoms with E-state index in [1.54, 1.807) is 24.3 Å². The van der Waals surface area contributed by atoms with E-state index in [4.69, 9.17) is 0 Å². The van der Waals surface area contributed by atoms with Gasteiger partial charge >= 0.3 is 0 Å². The number of anilines is 2. The largest absolute Gasteiger partial charge is 0.322 e. The summed E-state index contributed by atoms with van der Waals surface area (Å²) in [4.78, 5) is 12.4. The molecule has 3 rings (SSSR count). The predicted molar refractivity (Wildman–Crippen MR) is 106 cm³/mol. The zero-order valence-corrected chi connectivity index (χ0v) is 16.4. The van der Waals surface area contributed by atoms with E-state index < -0.39 is 10.0 Å². The van der Waals surface area contributed by atoms with Crippen molar-refractivity contribution in [3.63, 3.8) is 0 Å². The minimum Gasteiger partial charge on any atom is -0.322 e. The Balaban J connectivity index is 1.72. The summed E-state index contributed by atoms with van der Waals surface area (Å²) in [7, 11) is -3.77. The maximum Gasteiger partial charge on any atom is 0.263 e. The van der Waals surface area contributed by atoms with Crippen LogP contribution in [0.5, 0.6) is 0 Å². The third-order valence-corrected chi connectivity index (χ3v) is 6.27. The van der Waals surface area contributed by atoms with Crippen molar-refractivity contribution in [2.45, 2.75) is 25.2 Å². The highest BCUT2D eigenvalue weighted by atomic mass is 32.2. The fourth-order valence-corrected chi connectivity index (χ4v) is 4.26. The smallest absolute Gasteiger partial charge is 0.263 e. The second-order valence-electron chi connectivity index (χ2n) is 5.75. The third kappa shape index (κ3) is 4.50. The molecule has 0 bridgehead atoms. The van der Waals surface area contributed by atoms with Gasteiger partial charge < -0.3 is 5.32 Å². The van der Waals surface area contributed by atoms with Gasteiger partial charge in [-0.15, -0.1) is 10.2 Å². The Hall–Kier alpha value is -2.78. The molecule has 0 aliphatic carbocycles. The fraction of sp³-hybridized carbons (Fsp3) is 0.167. The molecule has 1 heterocycles. The number of rotatable bonds is 6. The summed E-state index contributed by atoms with van der Waals surface area (Å²) in [5.41, 5.74) is 1.94. The maximum absolute atomic E-state index is 12.4. The first-order chi connectivity index (χ1) is 12.9. The van der Waals surface area contributed by atoms with Crippen LogP contribution in [0.4, 0.5) is 10.8 Å². The van der Waals surface area contributed by atoms with E-state index in [0.717, 1.165) is 10.6 Å². The number of hydrogen-bond donors (Lipinski definition) is 2. The van der Waals surface area contributed by atoms with E-state index in [-0.39, 0.29) is 15.9 Å². The van der Waals surface area contributed by atoms with E-state index in [1.165, 1.54) is 23.5 Å². The SMILES string of the molecule is CCc1nnc(NS(=O)(=O)c2ccc(NC(=O)c3ccccc3C)cc2)s1. The van der Waals surface area contributed by atoms with Crippen molar-refractivity contribution >= 4 is 38.1 Å². The number of aryl methyl sites for hydroxylation is 2. The molecule has 7 nitrogen and oxygen atoms in total. The van der Waals surface area contributed by atoms with Crippen LogP contribution in [-0.2, 0) is 16.4 Å². The van der Waals surface area contributed by atoms with Gasteiger partial charge in [0.25, 0.3) is 15.9 Å². The van der Waals surface area contributed by atoms with Crippen molar-refractivity contribution in [2.24, 2.45) is 0 Å². The van der Waals surface area contributed by atoms with Crippen LogP contribution in [0.25, 0.3) is 0 Å². The number of nitrogens with one attached hydrogen (secondary N) is 2. The Kier molecular flexibility index (Phi) is 5.52. The highest BCUT2D eigenvalue weighted by Gasteiger charge is 2.17. The van der Waals surface area contributed by atoms with Gasteiger partial charge in [0.05, 0.1) is 4.90 Å². The lowest BCUT2D eigenvalue weighted by Crippen LogP contribution is -2.14. The van der Waals surface area contributed by atoms with E-state index in [9.17, 15) is 13.2 Å². The van der Waals surface area contributed by atoms with Crippen molar-refractivity contribution < 1.29 is 13.2 Å². The summed E-state index contributed by atoms with van der Waals surface area (Å²) < 4.78 is 27.3. The molecule has 9 heteroatoms. The van der Waals surface area contributed by atoms with Gasteiger partial charge in [0.15, 0.2) is 0 Å². The molecule has 0 saturated carbocycles. The summed E-state index contributed by atoms with van der Waals surface area (Å²) in [6.07, 6.45) is 0.689. The Morgan fingerprint density at radius 3 is 2.41 bits per heavy atom. The number of carbonyl (C=O) groups is 1. The van der Waals surface area contributed by atoms with E-state index >= 15 is 0 Å². The van der Waals surface area contributed by atoms with E-state index in [2.05, 4.69) is 20.2 Å². The van der Waals surface area contributed by atoms with Gasteiger partial charge in [0.2, 0.25) is 5.13 Å². The van der Waals surface area contributed by atoms with Crippen molar-refractivity contribution in [3.8, 4) is 0 Å². The average Bonchev–Trinajstić information content (AvgIpc) is 3.09. The second kappa shape index (κ2) is 7.85. The normalized spacial score (nSPS) is 11.2. The quantitative estimate of drug-likeness (QED) is 0.657. The van der Waals surface area contributed by atoms with Crippen LogP contribution >= 0.6 is 11.3 Å². The molecule has 0 saturated heterocycles. The number of sulfonamides is 1. The van der Waals surface area contributed by atoms with Crippen LogP contribution in [0, 0.1) is 6.92 Å². The molecule has 2 aromatic carbocycles. The first-order valence-corrected chi connectivity index (χ1v) is 10.5. The molecule has 1 amide bonds. The molecule has 0 radical (unpaired) electrons. The van der Waals surface area contributed by atoms with E-state index in [1.807, 2.05) is 26.0 Å². The van der Waals surface area contributed by atoms with E-state index in [0.29, 0.717) is 17.7 Å². The number of carbonyl (C=O) groups excluding carboxylic acids is 1. The summed E-state index contributed by atoms with van der Waals surface area (Å²) in [6.45, 7) is 3.77. The van der Waals surface area contributed by atoms with Crippen molar-refractivity contribution in [2.75, 3.05) is 10.0 Å². The first-order valence-electron chi connectivity index (χ1n) is 8.21. The maximum atomic E-state index is 12.4. The molecule has 0 atom stereocenters. The average molecular weight is 403 g/mol. The molecule has 2 N–H and O–H groups in total. The van der Waals surface area contributed by atoms with Crippen LogP contribution in [0.15, 0.2) is 53.4 Å². The Morgan fingerprint density at radius 2 is 1.78 bits per heavy atom. The molecule has 0 fully saturated rings. The summed E-state index contributed by atoms with van der Waals surface area (Å²) in [5.74, 6) is -0.247. The minimum absolute atomic E-state index is 0.0737. The number of aromatic nitrogens is 2. The van der Waals surface area contributed by atoms with Crippen molar-refractivity contribution in [3.05, 3.63) is 64.7 Å². The molecule has 27 heavy (non-hydrogen) atoms. The molecule has 0 aliphatic heterocycles. The highest BCUT2D eigenvalue weighted by Crippen LogP contribution is 2.21. The number of benzene rings is 2. The Labute approximate surface area is 161 Å². The summed E-state index contributed by atoms with van der Waals surface area (Å²) >= 11 is 1.20. The van der Waals surface area contributed by atoms with Gasteiger partial charge in [-0.1, -0.05) is 36.5 Å². The zero-order chi connectivity index (χ0) is 19.4. The first kappa shape index (κ1) is 19.0. The molecular formula is C18H18N4O3S2. The molecule has 0 spiro atoms. The van der Waals surface area contributed by atoms with Gasteiger partial charge in [-0.25, -0.2) is 8.42 Å². The Morgan fingerprint density at radius 1 is 1.07 bits per heavy atom. The van der Waals surface area contributed by atoms with Gasteiger partial charge in [0.1, 0.15) is 5.01 Å². The summed E-state index contributed by atoms with van der Waals surface area (Å²) in [6, 6.07) is 13.2. The molecule has 140 valence electrons. The van der Waals surface area contributed by atoms with Crippen molar-refractivity contribution in [1.29, 1.82) is 0 Å². The number of hydrogen-bond acceptors (Lipinski definition) is 6. The Bertz CT molecular complexity index is 1060. The van der Waals surface area contributed by atoms with Crippen LogP contribution in [0.3, 0.4) is 0 Å². The predicted octanol–water partition coefficient (Wildman–Crippen LogP) is 3.46. The fourth-order valence-electron chi connectivity index (χ4n) is 2.36. The van der Waals surface area contributed by atoms with Crippen LogP contribution in [-0.4, -0.2) is 24.5 Å². The van der Waals surface area contributed by atoms with Gasteiger partial charge in [-0.05, 0) is 49.2 Å². The number of amides is 1. The monoisotopic (exact) mass is 402 g/mol. The number of nitrogens with zero attached hydrogens (tertiary/aromatic N) is 2. The standard InChI is InChI=1S/C18H18N4O3S2/c1-3-16-20-21-18(26-16)22-27(24,25)14-10-8-13(9-11-14)19-17(23)15-7-5-4-6-12(15)2/h4-11H,3H2,1-2H3,(H,19,23)(H,21,22). The summed E-state index contributed by atoms with van der Waals surface area (Å²) in [5, 5.41) is 11.4. The molecule has 0 aliphatic rings. The molecule has 0 unspecified atom stereocenters.